The van der Waals surface area contributed by atoms with Gasteiger partial charge in [0.25, 0.3) is 0 Å². The summed E-state index contributed by atoms with van der Waals surface area (Å²) in [5.74, 6) is 1.54. The fourth-order valence-electron chi connectivity index (χ4n) is 10.0. The van der Waals surface area contributed by atoms with E-state index in [1.54, 1.807) is 0 Å². The molecule has 0 saturated heterocycles. The number of hydrogen-bond acceptors (Lipinski definition) is 3. The number of benzene rings is 7. The summed E-state index contributed by atoms with van der Waals surface area (Å²) in [4.78, 5) is 10.6. The van der Waals surface area contributed by atoms with Gasteiger partial charge in [0, 0.05) is 27.6 Å². The summed E-state index contributed by atoms with van der Waals surface area (Å²) in [6.45, 7) is 9.72. The van der Waals surface area contributed by atoms with Crippen LogP contribution in [0.25, 0.3) is 55.5 Å². The molecule has 11 rings (SSSR count). The lowest BCUT2D eigenvalue weighted by molar-refractivity contribution is 0.332. The molecule has 7 aromatic carbocycles. The van der Waals surface area contributed by atoms with Crippen LogP contribution in [-0.4, -0.2) is 16.2 Å². The van der Waals surface area contributed by atoms with E-state index < -0.39 is 0 Å². The molecule has 0 amide bonds. The van der Waals surface area contributed by atoms with Crippen molar-refractivity contribution in [3.63, 3.8) is 0 Å². The summed E-state index contributed by atoms with van der Waals surface area (Å²) in [6.07, 6.45) is 8.83. The smallest absolute Gasteiger partial charge is 0.160 e. The Hall–Kier alpha value is -6.52. The first kappa shape index (κ1) is 35.6. The molecule has 8 aromatic rings. The average molecular weight is 765 g/mol. The van der Waals surface area contributed by atoms with Crippen molar-refractivity contribution >= 4 is 50.3 Å². The number of aryl methyl sites for hydroxylation is 1. The molecule has 2 aliphatic carbocycles. The van der Waals surface area contributed by atoms with Gasteiger partial charge in [-0.1, -0.05) is 143 Å². The van der Waals surface area contributed by atoms with Gasteiger partial charge in [0.1, 0.15) is 12.0 Å². The molecule has 59 heavy (non-hydrogen) atoms. The van der Waals surface area contributed by atoms with Crippen molar-refractivity contribution in [1.82, 2.24) is 9.88 Å². The highest BCUT2D eigenvalue weighted by molar-refractivity contribution is 6.19. The van der Waals surface area contributed by atoms with Gasteiger partial charge >= 0.3 is 0 Å². The van der Waals surface area contributed by atoms with Crippen molar-refractivity contribution in [2.45, 2.75) is 70.4 Å². The zero-order chi connectivity index (χ0) is 39.9. The number of rotatable bonds is 5. The van der Waals surface area contributed by atoms with Gasteiger partial charge in [-0.05, 0) is 129 Å². The SMILES string of the molecule is CC1(C)CCC(C)(C)c2cc3c(cc21)c1ccc2c(c1n3-c1ccc(C3=NC(c4ccc(-c5ccccc5)c5ccccc45)=NC(c4ccccc4)N3)cc1)CCC=C2. The first-order valence-electron chi connectivity index (χ1n) is 21.2. The fourth-order valence-corrected chi connectivity index (χ4v) is 10.0. The van der Waals surface area contributed by atoms with Crippen molar-refractivity contribution in [3.05, 3.63) is 191 Å². The molecular formula is C55H48N4. The van der Waals surface area contributed by atoms with Gasteiger partial charge in [0.05, 0.1) is 11.0 Å². The van der Waals surface area contributed by atoms with Gasteiger partial charge in [0.2, 0.25) is 0 Å². The largest absolute Gasteiger partial charge is 0.344 e. The molecule has 4 heteroatoms. The molecule has 1 N–H and O–H groups in total. The Morgan fingerprint density at radius 2 is 1.27 bits per heavy atom. The maximum Gasteiger partial charge on any atom is 0.160 e. The van der Waals surface area contributed by atoms with Crippen molar-refractivity contribution in [2.75, 3.05) is 0 Å². The van der Waals surface area contributed by atoms with Crippen molar-refractivity contribution in [3.8, 4) is 16.8 Å². The first-order chi connectivity index (χ1) is 28.7. The van der Waals surface area contributed by atoms with Crippen molar-refractivity contribution < 1.29 is 0 Å². The Labute approximate surface area is 346 Å². The Kier molecular flexibility index (Phi) is 8.17. The maximum atomic E-state index is 5.32. The third kappa shape index (κ3) is 5.87. The molecule has 0 bridgehead atoms. The second-order valence-electron chi connectivity index (χ2n) is 18.0. The highest BCUT2D eigenvalue weighted by Crippen LogP contribution is 2.49. The third-order valence-electron chi connectivity index (χ3n) is 13.4. The Morgan fingerprint density at radius 3 is 2.02 bits per heavy atom. The minimum atomic E-state index is -0.290. The number of nitrogens with zero attached hydrogens (tertiary/aromatic N) is 3. The average Bonchev–Trinajstić information content (AvgIpc) is 3.62. The summed E-state index contributed by atoms with van der Waals surface area (Å²) >= 11 is 0. The topological polar surface area (TPSA) is 41.7 Å². The number of nitrogens with one attached hydrogen (secondary N) is 1. The second kappa shape index (κ2) is 13.5. The summed E-state index contributed by atoms with van der Waals surface area (Å²) in [5.41, 5.74) is 15.3. The molecule has 288 valence electrons. The van der Waals surface area contributed by atoms with Gasteiger partial charge in [-0.15, -0.1) is 0 Å². The predicted molar refractivity (Wildman–Crippen MR) is 248 cm³/mol. The van der Waals surface area contributed by atoms with Crippen molar-refractivity contribution in [2.24, 2.45) is 9.98 Å². The van der Waals surface area contributed by atoms with Crippen LogP contribution in [-0.2, 0) is 17.3 Å². The molecule has 3 aliphatic rings. The lowest BCUT2D eigenvalue weighted by atomic mass is 9.63. The van der Waals surface area contributed by atoms with Crippen LogP contribution in [0.2, 0.25) is 0 Å². The predicted octanol–water partition coefficient (Wildman–Crippen LogP) is 13.4. The summed E-state index contributed by atoms with van der Waals surface area (Å²) < 4.78 is 2.56. The normalized spacial score (nSPS) is 17.9. The van der Waals surface area contributed by atoms with Crippen LogP contribution in [0.4, 0.5) is 0 Å². The molecule has 1 aliphatic heterocycles. The lowest BCUT2D eigenvalue weighted by Gasteiger charge is -2.42. The Bertz CT molecular complexity index is 3050. The van der Waals surface area contributed by atoms with E-state index in [2.05, 4.69) is 195 Å². The highest BCUT2D eigenvalue weighted by Gasteiger charge is 2.38. The highest BCUT2D eigenvalue weighted by atomic mass is 15.2. The van der Waals surface area contributed by atoms with Gasteiger partial charge in [-0.25, -0.2) is 9.98 Å². The Morgan fingerprint density at radius 1 is 0.610 bits per heavy atom. The molecule has 2 heterocycles. The fraction of sp³-hybridized carbons (Fsp3) is 0.200. The van der Waals surface area contributed by atoms with Crippen LogP contribution in [0.15, 0.2) is 162 Å². The molecule has 0 saturated carbocycles. The van der Waals surface area contributed by atoms with Gasteiger partial charge < -0.3 is 9.88 Å². The molecule has 0 spiro atoms. The van der Waals surface area contributed by atoms with E-state index in [0.29, 0.717) is 0 Å². The van der Waals surface area contributed by atoms with Gasteiger partial charge in [0.15, 0.2) is 5.84 Å². The van der Waals surface area contributed by atoms with Gasteiger partial charge in [-0.3, -0.25) is 0 Å². The van der Waals surface area contributed by atoms with Crippen LogP contribution >= 0.6 is 0 Å². The summed E-state index contributed by atoms with van der Waals surface area (Å²) in [6, 6.07) is 53.0. The molecule has 1 unspecified atom stereocenters. The van der Waals surface area contributed by atoms with Crippen LogP contribution < -0.4 is 5.32 Å². The minimum Gasteiger partial charge on any atom is -0.344 e. The lowest BCUT2D eigenvalue weighted by Crippen LogP contribution is -2.33. The Balaban J connectivity index is 1.06. The number of fused-ring (bicyclic) bond motifs is 7. The van der Waals surface area contributed by atoms with Crippen molar-refractivity contribution in [1.29, 1.82) is 0 Å². The van der Waals surface area contributed by atoms with Crippen LogP contribution in [0.1, 0.15) is 92.1 Å². The maximum absolute atomic E-state index is 5.32. The number of aromatic nitrogens is 1. The van der Waals surface area contributed by atoms with E-state index in [-0.39, 0.29) is 17.0 Å². The first-order valence-corrected chi connectivity index (χ1v) is 21.2. The summed E-state index contributed by atoms with van der Waals surface area (Å²) in [5, 5.41) is 8.74. The van der Waals surface area contributed by atoms with E-state index in [4.69, 9.17) is 9.98 Å². The molecule has 1 atom stereocenters. The van der Waals surface area contributed by atoms with E-state index in [9.17, 15) is 0 Å². The molecule has 1 aromatic heterocycles. The quantitative estimate of drug-likeness (QED) is 0.186. The standard InChI is InChI=1S/C55H48N4/c1-54(2)31-32-55(3,4)48-34-49-46(33-47(48)54)44-28-25-36-17-11-12-20-41(36)50(44)59(49)39-26-23-38(24-27-39)52-56-51(37-18-9-6-10-19-37)57-53(58-52)45-30-29-40(35-15-7-5-8-16-35)42-21-13-14-22-43(42)45/h5-11,13-19,21-30,33-34,51H,12,20,31-32H2,1-4H3,(H,56,57,58). The van der Waals surface area contributed by atoms with E-state index in [1.165, 1.54) is 73.4 Å². The zero-order valence-electron chi connectivity index (χ0n) is 34.3. The van der Waals surface area contributed by atoms with Crippen LogP contribution in [0, 0.1) is 0 Å². The van der Waals surface area contributed by atoms with Crippen LogP contribution in [0.3, 0.4) is 0 Å². The minimum absolute atomic E-state index is 0.110. The number of aliphatic imine (C=N–C) groups is 2. The van der Waals surface area contributed by atoms with E-state index in [1.807, 2.05) is 0 Å². The third-order valence-corrected chi connectivity index (χ3v) is 13.4. The summed E-state index contributed by atoms with van der Waals surface area (Å²) in [7, 11) is 0. The van der Waals surface area contributed by atoms with E-state index >= 15 is 0 Å². The van der Waals surface area contributed by atoms with E-state index in [0.717, 1.165) is 52.3 Å². The molecule has 0 fully saturated rings. The second-order valence-corrected chi connectivity index (χ2v) is 18.0. The molecule has 4 nitrogen and oxygen atoms in total. The van der Waals surface area contributed by atoms with Gasteiger partial charge in [-0.2, -0.15) is 0 Å². The number of amidine groups is 2. The molecule has 0 radical (unpaired) electrons. The molecular weight excluding hydrogens is 717 g/mol. The number of hydrogen-bond donors (Lipinski definition) is 1. The zero-order valence-corrected chi connectivity index (χ0v) is 34.3. The number of allylic oxidation sites excluding steroid dienone is 1. The van der Waals surface area contributed by atoms with Crippen LogP contribution in [0.5, 0.6) is 0 Å². The monoisotopic (exact) mass is 764 g/mol.